The summed E-state index contributed by atoms with van der Waals surface area (Å²) >= 11 is 1.52. The molecule has 5 rings (SSSR count). The Balaban J connectivity index is 1.28. The second-order valence-electron chi connectivity index (χ2n) is 10.0. The number of hydrogen-bond acceptors (Lipinski definition) is 9. The van der Waals surface area contributed by atoms with E-state index in [1.54, 1.807) is 42.6 Å². The smallest absolute Gasteiger partial charge is 0.343 e. The van der Waals surface area contributed by atoms with E-state index in [1.807, 2.05) is 30.3 Å². The molecule has 0 aliphatic carbocycles. The number of carbonyl (C=O) groups is 2. The first kappa shape index (κ1) is 31.2. The number of nitrogens with zero attached hydrogens (tertiary/aromatic N) is 2. The van der Waals surface area contributed by atoms with Crippen LogP contribution in [0.5, 0.6) is 11.5 Å². The second-order valence-corrected chi connectivity index (χ2v) is 11.1. The van der Waals surface area contributed by atoms with Crippen molar-refractivity contribution in [2.45, 2.75) is 26.2 Å². The molecule has 0 atom stereocenters. The number of benzene rings is 4. The summed E-state index contributed by atoms with van der Waals surface area (Å²) in [6, 6.07) is 28.6. The van der Waals surface area contributed by atoms with E-state index in [9.17, 15) is 9.59 Å². The van der Waals surface area contributed by atoms with Gasteiger partial charge in [-0.25, -0.2) is 14.6 Å². The van der Waals surface area contributed by atoms with Crippen molar-refractivity contribution in [2.75, 3.05) is 18.6 Å². The van der Waals surface area contributed by atoms with Crippen molar-refractivity contribution < 1.29 is 23.8 Å². The van der Waals surface area contributed by atoms with E-state index >= 15 is 0 Å². The van der Waals surface area contributed by atoms with Gasteiger partial charge in [-0.1, -0.05) is 73.7 Å². The summed E-state index contributed by atoms with van der Waals surface area (Å²) < 4.78 is 17.4. The molecule has 1 aromatic heterocycles. The van der Waals surface area contributed by atoms with Crippen LogP contribution in [0.15, 0.2) is 109 Å². The predicted octanol–water partition coefficient (Wildman–Crippen LogP) is 8.08. The van der Waals surface area contributed by atoms with Crippen LogP contribution < -0.4 is 14.9 Å². The lowest BCUT2D eigenvalue weighted by Gasteiger charge is -2.11. The van der Waals surface area contributed by atoms with Crippen LogP contribution in [0.4, 0.5) is 5.13 Å². The van der Waals surface area contributed by atoms with Crippen molar-refractivity contribution in [3.05, 3.63) is 120 Å². The van der Waals surface area contributed by atoms with Gasteiger partial charge in [-0.2, -0.15) is 5.10 Å². The Hall–Kier alpha value is -5.28. The fourth-order valence-electron chi connectivity index (χ4n) is 4.52. The van der Waals surface area contributed by atoms with Gasteiger partial charge in [-0.3, -0.25) is 5.43 Å². The largest absolute Gasteiger partial charge is 0.493 e. The number of esters is 2. The van der Waals surface area contributed by atoms with Gasteiger partial charge in [-0.05, 0) is 71.6 Å². The molecule has 8 nitrogen and oxygen atoms in total. The lowest BCUT2D eigenvalue weighted by molar-refractivity contribution is -0.137. The molecule has 228 valence electrons. The van der Waals surface area contributed by atoms with Crippen LogP contribution in [0.3, 0.4) is 0 Å². The summed E-state index contributed by atoms with van der Waals surface area (Å²) in [5.74, 6) is 0.0244. The summed E-state index contributed by atoms with van der Waals surface area (Å²) in [5.41, 5.74) is 8.37. The number of anilines is 1. The van der Waals surface area contributed by atoms with Crippen molar-refractivity contribution in [1.82, 2.24) is 4.98 Å². The Labute approximate surface area is 266 Å². The standard InChI is InChI=1S/C36H33N3O5S/c1-3-8-25-11-13-26(14-12-25)31-20-19-30(23-28(31)24-37-39-36-38-32-9-5-6-10-33(32)45-36)44-35(41)27-15-17-29(18-16-27)42-21-7-22-43-34(40)4-2/h4-6,9-20,23-24H,2-3,7-8,21-22H2,1H3,(H,38,39)/b37-24+. The highest BCUT2D eigenvalue weighted by atomic mass is 32.1. The van der Waals surface area contributed by atoms with Gasteiger partial charge in [0.25, 0.3) is 0 Å². The second kappa shape index (κ2) is 15.4. The molecule has 0 bridgehead atoms. The number of hydrazone groups is 1. The summed E-state index contributed by atoms with van der Waals surface area (Å²) in [4.78, 5) is 28.7. The number of aromatic nitrogens is 1. The van der Waals surface area contributed by atoms with Crippen molar-refractivity contribution in [1.29, 1.82) is 0 Å². The normalized spacial score (nSPS) is 11.0. The number of aryl methyl sites for hydroxylation is 1. The van der Waals surface area contributed by atoms with Gasteiger partial charge in [0.1, 0.15) is 11.5 Å². The number of hydrogen-bond donors (Lipinski definition) is 1. The predicted molar refractivity (Wildman–Crippen MR) is 179 cm³/mol. The molecule has 0 saturated heterocycles. The van der Waals surface area contributed by atoms with E-state index in [0.29, 0.717) is 35.2 Å². The molecule has 1 heterocycles. The van der Waals surface area contributed by atoms with Gasteiger partial charge in [0.05, 0.1) is 35.2 Å². The maximum atomic E-state index is 13.0. The summed E-state index contributed by atoms with van der Waals surface area (Å²) in [6.45, 7) is 6.12. The Morgan fingerprint density at radius 3 is 2.49 bits per heavy atom. The third-order valence-electron chi connectivity index (χ3n) is 6.75. The van der Waals surface area contributed by atoms with Crippen LogP contribution in [0.1, 0.15) is 41.3 Å². The van der Waals surface area contributed by atoms with E-state index in [0.717, 1.165) is 45.8 Å². The average Bonchev–Trinajstić information content (AvgIpc) is 3.48. The molecule has 0 amide bonds. The molecule has 0 unspecified atom stereocenters. The number of rotatable bonds is 14. The number of nitrogens with one attached hydrogen (secondary N) is 1. The zero-order chi connectivity index (χ0) is 31.4. The van der Waals surface area contributed by atoms with Crippen LogP contribution in [0.2, 0.25) is 0 Å². The van der Waals surface area contributed by atoms with E-state index in [4.69, 9.17) is 14.2 Å². The van der Waals surface area contributed by atoms with Crippen molar-refractivity contribution in [3.8, 4) is 22.6 Å². The molecule has 0 spiro atoms. The highest BCUT2D eigenvalue weighted by molar-refractivity contribution is 7.22. The number of ether oxygens (including phenoxy) is 3. The Morgan fingerprint density at radius 2 is 1.73 bits per heavy atom. The van der Waals surface area contributed by atoms with Gasteiger partial charge < -0.3 is 14.2 Å². The Kier molecular flexibility index (Phi) is 10.7. The number of carbonyl (C=O) groups excluding carboxylic acids is 2. The van der Waals surface area contributed by atoms with Crippen LogP contribution in [0, 0.1) is 0 Å². The maximum Gasteiger partial charge on any atom is 0.343 e. The van der Waals surface area contributed by atoms with Gasteiger partial charge in [0.15, 0.2) is 0 Å². The first-order chi connectivity index (χ1) is 22.0. The van der Waals surface area contributed by atoms with Gasteiger partial charge in [0.2, 0.25) is 5.13 Å². The van der Waals surface area contributed by atoms with Crippen molar-refractivity contribution in [3.63, 3.8) is 0 Å². The molecule has 0 saturated carbocycles. The lowest BCUT2D eigenvalue weighted by atomic mass is 9.98. The summed E-state index contributed by atoms with van der Waals surface area (Å²) in [5, 5.41) is 5.15. The molecule has 1 N–H and O–H groups in total. The third kappa shape index (κ3) is 8.64. The van der Waals surface area contributed by atoms with Crippen molar-refractivity contribution >= 4 is 44.8 Å². The number of para-hydroxylation sites is 1. The molecule has 0 aliphatic rings. The average molecular weight is 620 g/mol. The first-order valence-electron chi connectivity index (χ1n) is 14.6. The minimum Gasteiger partial charge on any atom is -0.493 e. The van der Waals surface area contributed by atoms with Crippen molar-refractivity contribution in [2.24, 2.45) is 5.10 Å². The number of thiazole rings is 1. The molecule has 0 aliphatic heterocycles. The fraction of sp³-hybridized carbons (Fsp3) is 0.167. The molecular formula is C36H33N3O5S. The number of fused-ring (bicyclic) bond motifs is 1. The minimum absolute atomic E-state index is 0.239. The summed E-state index contributed by atoms with van der Waals surface area (Å²) in [6.07, 6.45) is 5.47. The first-order valence-corrected chi connectivity index (χ1v) is 15.5. The highest BCUT2D eigenvalue weighted by Crippen LogP contribution is 2.29. The van der Waals surface area contributed by atoms with Gasteiger partial charge in [0, 0.05) is 18.1 Å². The monoisotopic (exact) mass is 619 g/mol. The summed E-state index contributed by atoms with van der Waals surface area (Å²) in [7, 11) is 0. The molecule has 4 aromatic carbocycles. The molecule has 9 heteroatoms. The van der Waals surface area contributed by atoms with E-state index in [1.165, 1.54) is 16.9 Å². The maximum absolute atomic E-state index is 13.0. The zero-order valence-corrected chi connectivity index (χ0v) is 25.7. The van der Waals surface area contributed by atoms with Crippen LogP contribution in [-0.4, -0.2) is 36.4 Å². The van der Waals surface area contributed by atoms with Crippen LogP contribution in [0.25, 0.3) is 21.3 Å². The van der Waals surface area contributed by atoms with E-state index < -0.39 is 11.9 Å². The van der Waals surface area contributed by atoms with E-state index in [-0.39, 0.29) is 6.61 Å². The molecular weight excluding hydrogens is 586 g/mol. The minimum atomic E-state index is -0.495. The Bertz CT molecular complexity index is 1760. The van der Waals surface area contributed by atoms with Crippen LogP contribution in [-0.2, 0) is 16.0 Å². The van der Waals surface area contributed by atoms with Gasteiger partial charge in [-0.15, -0.1) is 0 Å². The molecule has 5 aromatic rings. The molecule has 45 heavy (non-hydrogen) atoms. The lowest BCUT2D eigenvalue weighted by Crippen LogP contribution is -2.09. The van der Waals surface area contributed by atoms with Gasteiger partial charge >= 0.3 is 11.9 Å². The third-order valence-corrected chi connectivity index (χ3v) is 7.69. The molecule has 0 radical (unpaired) electrons. The topological polar surface area (TPSA) is 99.1 Å². The fourth-order valence-corrected chi connectivity index (χ4v) is 5.34. The SMILES string of the molecule is C=CC(=O)OCCCOc1ccc(C(=O)Oc2ccc(-c3ccc(CCC)cc3)c(/C=N/Nc3nc4ccccc4s3)c2)cc1. The quantitative estimate of drug-likeness (QED) is 0.0335. The highest BCUT2D eigenvalue weighted by Gasteiger charge is 2.12. The Morgan fingerprint density at radius 1 is 0.956 bits per heavy atom. The van der Waals surface area contributed by atoms with E-state index in [2.05, 4.69) is 53.3 Å². The zero-order valence-electron chi connectivity index (χ0n) is 24.9. The van der Waals surface area contributed by atoms with Crippen LogP contribution >= 0.6 is 11.3 Å². The molecule has 0 fully saturated rings.